The first-order valence-corrected chi connectivity index (χ1v) is 17.9. The van der Waals surface area contributed by atoms with Gasteiger partial charge in [-0.15, -0.1) is 0 Å². The van der Waals surface area contributed by atoms with Crippen molar-refractivity contribution in [3.05, 3.63) is 137 Å². The smallest absolute Gasteiger partial charge is 0.146 e. The molecule has 57 heavy (non-hydrogen) atoms. The Labute approximate surface area is 325 Å². The summed E-state index contributed by atoms with van der Waals surface area (Å²) >= 11 is 0. The molecule has 0 unspecified atom stereocenters. The molecule has 9 rings (SSSR count). The van der Waals surface area contributed by atoms with Gasteiger partial charge in [-0.3, -0.25) is 14.2 Å². The second kappa shape index (κ2) is 12.8. The Hall–Kier alpha value is -8.56. The van der Waals surface area contributed by atoms with Crippen molar-refractivity contribution in [2.45, 2.75) is 26.2 Å². The van der Waals surface area contributed by atoms with Crippen molar-refractivity contribution in [2.75, 3.05) is 0 Å². The molecule has 0 fully saturated rings. The summed E-state index contributed by atoms with van der Waals surface area (Å²) in [4.78, 5) is 10.0. The molecule has 0 atom stereocenters. The van der Waals surface area contributed by atoms with Crippen LogP contribution in [0.4, 0.5) is 0 Å². The Bertz CT molecular complexity index is 3350. The zero-order valence-electron chi connectivity index (χ0n) is 30.8. The predicted octanol–water partition coefficient (Wildman–Crippen LogP) is 9.38. The van der Waals surface area contributed by atoms with E-state index in [1.807, 2.05) is 72.9 Å². The molecular formula is C46H27N11. The summed E-state index contributed by atoms with van der Waals surface area (Å²) in [5.74, 6) is 0.827. The van der Waals surface area contributed by atoms with Crippen LogP contribution in [-0.2, 0) is 5.41 Å². The molecule has 11 heteroatoms. The lowest BCUT2D eigenvalue weighted by molar-refractivity contribution is 0.588. The third-order valence-corrected chi connectivity index (χ3v) is 10.4. The number of aromatic amines is 1. The van der Waals surface area contributed by atoms with Gasteiger partial charge in [0.1, 0.15) is 41.8 Å². The number of nitrogens with one attached hydrogen (secondary N) is 1. The number of nitrogens with zero attached hydrogens (tertiary/aromatic N) is 10. The Balaban J connectivity index is 1.26. The standard InChI is InChI=1S/C46H27N11/c1-46(2,3)26-16-17-52-43(18-26)57-41-11-7-4-8-28(41)30-13-12-27(19-42(30)57)56-40-10-6-5-9-29(40)31-14-15-37(53-45(31)56)38-20-39(55-54-38)44-35(24-50)33(22-48)32(21-47)34(23-49)36(44)25-51/h4-20H,1-3H3,(H,54,55). The highest BCUT2D eigenvalue weighted by Gasteiger charge is 2.27. The first-order chi connectivity index (χ1) is 27.7. The van der Waals surface area contributed by atoms with Gasteiger partial charge in [-0.25, -0.2) is 9.97 Å². The minimum Gasteiger partial charge on any atom is -0.294 e. The van der Waals surface area contributed by atoms with Gasteiger partial charge in [0.2, 0.25) is 0 Å². The summed E-state index contributed by atoms with van der Waals surface area (Å²) < 4.78 is 4.35. The van der Waals surface area contributed by atoms with Gasteiger partial charge in [0, 0.05) is 39.0 Å². The van der Waals surface area contributed by atoms with Crippen LogP contribution < -0.4 is 0 Å². The summed E-state index contributed by atoms with van der Waals surface area (Å²) in [6.45, 7) is 6.58. The molecule has 0 aliphatic carbocycles. The third-order valence-electron chi connectivity index (χ3n) is 10.4. The van der Waals surface area contributed by atoms with Gasteiger partial charge in [0.15, 0.2) is 0 Å². The minimum absolute atomic E-state index is 0.00369. The highest BCUT2D eigenvalue weighted by molar-refractivity contribution is 6.11. The number of aromatic nitrogens is 6. The van der Waals surface area contributed by atoms with Crippen LogP contribution in [0.25, 0.3) is 77.9 Å². The number of benzene rings is 4. The van der Waals surface area contributed by atoms with Gasteiger partial charge in [0.05, 0.1) is 61.4 Å². The molecule has 266 valence electrons. The molecule has 0 bridgehead atoms. The highest BCUT2D eigenvalue weighted by atomic mass is 15.1. The van der Waals surface area contributed by atoms with Gasteiger partial charge >= 0.3 is 0 Å². The molecule has 4 aromatic carbocycles. The van der Waals surface area contributed by atoms with E-state index in [-0.39, 0.29) is 44.5 Å². The molecule has 9 aromatic rings. The van der Waals surface area contributed by atoms with Crippen LogP contribution in [0.5, 0.6) is 0 Å². The molecule has 5 aromatic heterocycles. The molecule has 0 amide bonds. The molecule has 0 aliphatic heterocycles. The van der Waals surface area contributed by atoms with Crippen LogP contribution in [0, 0.1) is 56.7 Å². The lowest BCUT2D eigenvalue weighted by atomic mass is 9.87. The molecule has 0 spiro atoms. The summed E-state index contributed by atoms with van der Waals surface area (Å²) in [6, 6.07) is 42.1. The van der Waals surface area contributed by atoms with E-state index >= 15 is 0 Å². The molecule has 0 saturated carbocycles. The summed E-state index contributed by atoms with van der Waals surface area (Å²) in [6.07, 6.45) is 1.87. The minimum atomic E-state index is -0.319. The lowest BCUT2D eigenvalue weighted by Crippen LogP contribution is -2.12. The zero-order chi connectivity index (χ0) is 39.6. The van der Waals surface area contributed by atoms with E-state index in [9.17, 15) is 26.3 Å². The van der Waals surface area contributed by atoms with E-state index in [4.69, 9.17) is 9.97 Å². The third kappa shape index (κ3) is 5.11. The van der Waals surface area contributed by atoms with Crippen molar-refractivity contribution < 1.29 is 0 Å². The maximum absolute atomic E-state index is 10.1. The van der Waals surface area contributed by atoms with Gasteiger partial charge < -0.3 is 0 Å². The van der Waals surface area contributed by atoms with Gasteiger partial charge in [-0.2, -0.15) is 31.4 Å². The fourth-order valence-corrected chi connectivity index (χ4v) is 7.75. The van der Waals surface area contributed by atoms with Crippen molar-refractivity contribution in [3.63, 3.8) is 0 Å². The first kappa shape index (κ1) is 34.2. The van der Waals surface area contributed by atoms with Crippen LogP contribution in [0.2, 0.25) is 0 Å². The second-order valence-electron chi connectivity index (χ2n) is 14.6. The second-order valence-corrected chi connectivity index (χ2v) is 14.6. The highest BCUT2D eigenvalue weighted by Crippen LogP contribution is 2.39. The van der Waals surface area contributed by atoms with E-state index in [0.29, 0.717) is 17.0 Å². The monoisotopic (exact) mass is 733 g/mol. The average Bonchev–Trinajstić information content (AvgIpc) is 3.94. The molecule has 1 N–H and O–H groups in total. The maximum atomic E-state index is 10.1. The van der Waals surface area contributed by atoms with Crippen LogP contribution >= 0.6 is 0 Å². The Morgan fingerprint density at radius 2 is 1.14 bits per heavy atom. The Morgan fingerprint density at radius 1 is 0.561 bits per heavy atom. The van der Waals surface area contributed by atoms with Crippen LogP contribution in [0.3, 0.4) is 0 Å². The normalized spacial score (nSPS) is 11.3. The number of rotatable bonds is 4. The number of nitriles is 5. The molecule has 11 nitrogen and oxygen atoms in total. The fraction of sp³-hybridized carbons (Fsp3) is 0.0870. The Kier molecular flexibility index (Phi) is 7.68. The molecule has 0 aliphatic rings. The molecular weight excluding hydrogens is 707 g/mol. The molecule has 0 saturated heterocycles. The number of hydrogen-bond donors (Lipinski definition) is 1. The van der Waals surface area contributed by atoms with Crippen LogP contribution in [0.1, 0.15) is 54.2 Å². The zero-order valence-corrected chi connectivity index (χ0v) is 30.8. The van der Waals surface area contributed by atoms with Crippen molar-refractivity contribution in [1.82, 2.24) is 29.3 Å². The van der Waals surface area contributed by atoms with Crippen LogP contribution in [0.15, 0.2) is 103 Å². The maximum Gasteiger partial charge on any atom is 0.146 e. The Morgan fingerprint density at radius 3 is 1.79 bits per heavy atom. The average molecular weight is 734 g/mol. The first-order valence-electron chi connectivity index (χ1n) is 17.9. The van der Waals surface area contributed by atoms with Crippen LogP contribution in [-0.4, -0.2) is 29.3 Å². The lowest BCUT2D eigenvalue weighted by Gasteiger charge is -2.20. The largest absolute Gasteiger partial charge is 0.294 e. The van der Waals surface area contributed by atoms with Crippen molar-refractivity contribution >= 4 is 43.7 Å². The van der Waals surface area contributed by atoms with Gasteiger partial charge in [-0.05, 0) is 65.6 Å². The van der Waals surface area contributed by atoms with Gasteiger partial charge in [0.25, 0.3) is 0 Å². The van der Waals surface area contributed by atoms with Crippen molar-refractivity contribution in [2.24, 2.45) is 0 Å². The molecule has 0 radical (unpaired) electrons. The number of pyridine rings is 2. The predicted molar refractivity (Wildman–Crippen MR) is 216 cm³/mol. The van der Waals surface area contributed by atoms with E-state index in [2.05, 4.69) is 94.7 Å². The topological polar surface area (TPSA) is 183 Å². The fourth-order valence-electron chi connectivity index (χ4n) is 7.75. The number of hydrogen-bond acceptors (Lipinski definition) is 8. The van der Waals surface area contributed by atoms with E-state index in [1.54, 1.807) is 6.07 Å². The summed E-state index contributed by atoms with van der Waals surface area (Å²) in [7, 11) is 0. The number of para-hydroxylation sites is 2. The van der Waals surface area contributed by atoms with Gasteiger partial charge in [-0.1, -0.05) is 63.2 Å². The van der Waals surface area contributed by atoms with Crippen molar-refractivity contribution in [1.29, 1.82) is 26.3 Å². The number of H-pyrrole nitrogens is 1. The quantitative estimate of drug-likeness (QED) is 0.185. The SMILES string of the molecule is CC(C)(C)c1ccnc(-n2c3ccccc3c3ccc(-n4c5ccccc5c5ccc(-c6cc(-c7c(C#N)c(C#N)c(C#N)c(C#N)c7C#N)n[nH]6)nc54)cc32)c1. The van der Waals surface area contributed by atoms with Crippen molar-refractivity contribution in [3.8, 4) is 64.5 Å². The summed E-state index contributed by atoms with van der Waals surface area (Å²) in [5, 5.41) is 61.3. The van der Waals surface area contributed by atoms with E-state index < -0.39 is 0 Å². The number of fused-ring (bicyclic) bond motifs is 6. The summed E-state index contributed by atoms with van der Waals surface area (Å²) in [5.41, 5.74) is 5.52. The van der Waals surface area contributed by atoms with E-state index in [0.717, 1.165) is 49.6 Å². The molecule has 5 heterocycles. The van der Waals surface area contributed by atoms with E-state index in [1.165, 1.54) is 5.56 Å².